The molecule has 0 bridgehead atoms. The molecule has 0 radical (unpaired) electrons. The quantitative estimate of drug-likeness (QED) is 0.373. The van der Waals surface area contributed by atoms with E-state index in [1.807, 2.05) is 0 Å². The number of fused-ring (bicyclic) bond motifs is 4. The second-order valence-corrected chi connectivity index (χ2v) is 16.9. The van der Waals surface area contributed by atoms with Crippen molar-refractivity contribution in [3.8, 4) is 0 Å². The first kappa shape index (κ1) is 31.0. The molecule has 244 valence electrons. The average molecular weight is 618 g/mol. The second kappa shape index (κ2) is 9.70. The first-order valence-electron chi connectivity index (χ1n) is 16.9. The van der Waals surface area contributed by atoms with Gasteiger partial charge in [0, 0.05) is 25.4 Å². The predicted octanol–water partition coefficient (Wildman–Crippen LogP) is 6.63. The van der Waals surface area contributed by atoms with Crippen LogP contribution in [-0.2, 0) is 16.1 Å². The van der Waals surface area contributed by atoms with E-state index in [2.05, 4.69) is 34.6 Å². The van der Waals surface area contributed by atoms with Gasteiger partial charge in [-0.15, -0.1) is 0 Å². The van der Waals surface area contributed by atoms with Gasteiger partial charge in [-0.2, -0.15) is 0 Å². The Morgan fingerprint density at radius 3 is 2.27 bits per heavy atom. The van der Waals surface area contributed by atoms with Crippen molar-refractivity contribution in [2.75, 3.05) is 6.54 Å². The van der Waals surface area contributed by atoms with E-state index >= 15 is 0 Å². The van der Waals surface area contributed by atoms with Crippen LogP contribution in [0.1, 0.15) is 98.5 Å². The van der Waals surface area contributed by atoms with Crippen LogP contribution in [0.2, 0.25) is 0 Å². The standard InChI is InChI=1S/C36H50F3NO4/c1-19-13-22(17-40(20(2)41)16-21-14-23(37)29(39)24(38)15-21)44-30-28(19)33(5)11-12-36-18-35(36)10-9-27(42)32(3,4)25(35)7-8-26(36)34(33,6)31(30)43/h14-15,19,22,25-28,30-31,42-43H,7-13,16-18H2,1-6H3/t19-,22?,25+,26?,27?,28+,30?,31+,33?,34-,35?,36?/m1/s1. The molecule has 5 saturated carbocycles. The summed E-state index contributed by atoms with van der Waals surface area (Å²) in [4.78, 5) is 14.2. The highest BCUT2D eigenvalue weighted by atomic mass is 19.2. The summed E-state index contributed by atoms with van der Waals surface area (Å²) >= 11 is 0. The van der Waals surface area contributed by atoms with Gasteiger partial charge >= 0.3 is 0 Å². The highest BCUT2D eigenvalue weighted by Crippen LogP contribution is 2.89. The SMILES string of the molecule is CC(=O)N(Cc1cc(F)c(F)c(F)c1)CC1C[C@@H](C)[C@H]2C(O1)[C@H](O)[C@@]1(C)C3CC[C@H]4C(C)(C)C(O)CCC45CC35CCC21C. The van der Waals surface area contributed by atoms with Crippen molar-refractivity contribution in [3.63, 3.8) is 0 Å². The molecule has 7 unspecified atom stereocenters. The summed E-state index contributed by atoms with van der Waals surface area (Å²) in [5, 5.41) is 23.4. The lowest BCUT2D eigenvalue weighted by Crippen LogP contribution is -2.59. The third kappa shape index (κ3) is 3.79. The van der Waals surface area contributed by atoms with E-state index in [0.717, 1.165) is 50.7 Å². The summed E-state index contributed by atoms with van der Waals surface area (Å²) in [6.45, 7) is 13.1. The first-order chi connectivity index (χ1) is 20.5. The summed E-state index contributed by atoms with van der Waals surface area (Å²) in [7, 11) is 0. The summed E-state index contributed by atoms with van der Waals surface area (Å²) in [6, 6.07) is 1.87. The van der Waals surface area contributed by atoms with E-state index in [9.17, 15) is 28.2 Å². The molecule has 12 atom stereocenters. The van der Waals surface area contributed by atoms with E-state index in [1.165, 1.54) is 24.7 Å². The van der Waals surface area contributed by atoms with Crippen LogP contribution in [-0.4, -0.2) is 52.0 Å². The van der Waals surface area contributed by atoms with Gasteiger partial charge < -0.3 is 19.8 Å². The maximum absolute atomic E-state index is 13.9. The molecule has 5 aliphatic carbocycles. The van der Waals surface area contributed by atoms with Gasteiger partial charge in [0.15, 0.2) is 17.5 Å². The minimum atomic E-state index is -1.52. The number of ether oxygens (including phenoxy) is 1. The fourth-order valence-electron chi connectivity index (χ4n) is 13.0. The normalized spacial score (nSPS) is 48.3. The van der Waals surface area contributed by atoms with Crippen molar-refractivity contribution in [2.45, 2.75) is 124 Å². The second-order valence-electron chi connectivity index (χ2n) is 16.9. The summed E-state index contributed by atoms with van der Waals surface area (Å²) in [5.41, 5.74) is 0.206. The number of hydrogen-bond acceptors (Lipinski definition) is 4. The number of hydrogen-bond donors (Lipinski definition) is 2. The van der Waals surface area contributed by atoms with Gasteiger partial charge in [0.05, 0.1) is 24.4 Å². The molecule has 44 heavy (non-hydrogen) atoms. The zero-order valence-electron chi connectivity index (χ0n) is 27.1. The number of carbonyl (C=O) groups is 1. The number of nitrogens with zero attached hydrogens (tertiary/aromatic N) is 1. The molecule has 1 aromatic rings. The van der Waals surface area contributed by atoms with Crippen molar-refractivity contribution in [3.05, 3.63) is 35.1 Å². The molecule has 0 aromatic heterocycles. The lowest BCUT2D eigenvalue weighted by atomic mass is 9.41. The van der Waals surface area contributed by atoms with E-state index < -0.39 is 23.6 Å². The maximum atomic E-state index is 13.9. The zero-order chi connectivity index (χ0) is 31.8. The fourth-order valence-corrected chi connectivity index (χ4v) is 13.0. The van der Waals surface area contributed by atoms with Crippen molar-refractivity contribution in [1.29, 1.82) is 0 Å². The Morgan fingerprint density at radius 2 is 1.61 bits per heavy atom. The summed E-state index contributed by atoms with van der Waals surface area (Å²) < 4.78 is 48.2. The van der Waals surface area contributed by atoms with Crippen LogP contribution < -0.4 is 0 Å². The zero-order valence-corrected chi connectivity index (χ0v) is 27.1. The maximum Gasteiger partial charge on any atom is 0.219 e. The van der Waals surface area contributed by atoms with Gasteiger partial charge in [-0.25, -0.2) is 13.2 Å². The smallest absolute Gasteiger partial charge is 0.219 e. The summed E-state index contributed by atoms with van der Waals surface area (Å²) in [5.74, 6) is -2.95. The molecule has 5 nitrogen and oxygen atoms in total. The third-order valence-electron chi connectivity index (χ3n) is 15.1. The van der Waals surface area contributed by atoms with Crippen molar-refractivity contribution in [1.82, 2.24) is 4.90 Å². The Kier molecular flexibility index (Phi) is 6.83. The van der Waals surface area contributed by atoms with Crippen LogP contribution >= 0.6 is 0 Å². The largest absolute Gasteiger partial charge is 0.393 e. The first-order valence-corrected chi connectivity index (χ1v) is 16.9. The fraction of sp³-hybridized carbons (Fsp3) is 0.806. The number of amides is 1. The Labute approximate surface area is 259 Å². The van der Waals surface area contributed by atoms with Crippen molar-refractivity contribution >= 4 is 5.91 Å². The lowest BCUT2D eigenvalue weighted by molar-refractivity contribution is -0.182. The van der Waals surface area contributed by atoms with Gasteiger partial charge in [-0.05, 0) is 114 Å². The monoisotopic (exact) mass is 617 g/mol. The number of halogens is 3. The van der Waals surface area contributed by atoms with E-state index in [4.69, 9.17) is 4.74 Å². The topological polar surface area (TPSA) is 70.0 Å². The third-order valence-corrected chi connectivity index (χ3v) is 15.1. The Morgan fingerprint density at radius 1 is 0.977 bits per heavy atom. The molecule has 1 saturated heterocycles. The van der Waals surface area contributed by atoms with E-state index in [-0.39, 0.29) is 81.8 Å². The van der Waals surface area contributed by atoms with Crippen LogP contribution in [0, 0.1) is 68.2 Å². The van der Waals surface area contributed by atoms with Crippen molar-refractivity contribution in [2.24, 2.45) is 50.7 Å². The van der Waals surface area contributed by atoms with Crippen LogP contribution in [0.4, 0.5) is 13.2 Å². The number of carbonyl (C=O) groups excluding carboxylic acids is 1. The Bertz CT molecular complexity index is 1350. The molecule has 1 amide bonds. The molecule has 6 aliphatic rings. The highest BCUT2D eigenvalue weighted by molar-refractivity contribution is 5.73. The van der Waals surface area contributed by atoms with Gasteiger partial charge in [0.2, 0.25) is 5.91 Å². The lowest BCUT2D eigenvalue weighted by Gasteiger charge is -2.63. The number of rotatable bonds is 4. The Balaban J connectivity index is 1.14. The number of aliphatic hydroxyl groups is 2. The molecule has 6 fully saturated rings. The summed E-state index contributed by atoms with van der Waals surface area (Å²) in [6.07, 6.45) is 6.76. The predicted molar refractivity (Wildman–Crippen MR) is 160 cm³/mol. The van der Waals surface area contributed by atoms with Gasteiger partial charge in [0.25, 0.3) is 0 Å². The van der Waals surface area contributed by atoms with Crippen LogP contribution in [0.25, 0.3) is 0 Å². The van der Waals surface area contributed by atoms with Gasteiger partial charge in [-0.1, -0.05) is 34.6 Å². The molecule has 7 rings (SSSR count). The number of benzene rings is 1. The minimum absolute atomic E-state index is 0.0529. The van der Waals surface area contributed by atoms with E-state index in [1.54, 1.807) is 0 Å². The molecule has 1 aromatic carbocycles. The molecule has 1 heterocycles. The highest BCUT2D eigenvalue weighted by Gasteiger charge is 2.84. The molecule has 2 spiro atoms. The molecular weight excluding hydrogens is 567 g/mol. The molecule has 8 heteroatoms. The van der Waals surface area contributed by atoms with Crippen LogP contribution in [0.15, 0.2) is 12.1 Å². The van der Waals surface area contributed by atoms with Crippen LogP contribution in [0.5, 0.6) is 0 Å². The van der Waals surface area contributed by atoms with E-state index in [0.29, 0.717) is 11.8 Å². The van der Waals surface area contributed by atoms with Crippen LogP contribution in [0.3, 0.4) is 0 Å². The van der Waals surface area contributed by atoms with Gasteiger partial charge in [-0.3, -0.25) is 4.79 Å². The van der Waals surface area contributed by atoms with Crippen molar-refractivity contribution < 1.29 is 32.9 Å². The molecule has 1 aliphatic heterocycles. The molecule has 2 N–H and O–H groups in total. The average Bonchev–Trinajstić information content (AvgIpc) is 3.58. The minimum Gasteiger partial charge on any atom is -0.393 e. The Hall–Kier alpha value is -1.64. The molecular formula is C36H50F3NO4. The number of aliphatic hydroxyl groups excluding tert-OH is 2. The van der Waals surface area contributed by atoms with Gasteiger partial charge in [0.1, 0.15) is 0 Å².